The molecule has 0 saturated heterocycles. The normalized spacial score (nSPS) is 14.5. The molecule has 17 heavy (non-hydrogen) atoms. The zero-order chi connectivity index (χ0) is 13.7. The van der Waals surface area contributed by atoms with E-state index < -0.39 is 5.54 Å². The van der Waals surface area contributed by atoms with E-state index in [1.54, 1.807) is 13.8 Å². The van der Waals surface area contributed by atoms with E-state index in [0.717, 1.165) is 0 Å². The van der Waals surface area contributed by atoms with Gasteiger partial charge in [0.05, 0.1) is 5.54 Å². The van der Waals surface area contributed by atoms with Crippen molar-refractivity contribution in [3.63, 3.8) is 0 Å². The predicted molar refractivity (Wildman–Crippen MR) is 70.1 cm³/mol. The van der Waals surface area contributed by atoms with E-state index in [1.807, 2.05) is 27.7 Å². The molecule has 0 radical (unpaired) electrons. The summed E-state index contributed by atoms with van der Waals surface area (Å²) < 4.78 is 0. The van der Waals surface area contributed by atoms with Crippen LogP contribution < -0.4 is 10.6 Å². The molecule has 0 aromatic heterocycles. The van der Waals surface area contributed by atoms with Crippen LogP contribution in [0.5, 0.6) is 0 Å². The predicted octanol–water partition coefficient (Wildman–Crippen LogP) is 1.47. The van der Waals surface area contributed by atoms with Gasteiger partial charge in [0.15, 0.2) is 0 Å². The average Bonchev–Trinajstić information content (AvgIpc) is 2.23. The highest BCUT2D eigenvalue weighted by molar-refractivity contribution is 5.85. The summed E-state index contributed by atoms with van der Waals surface area (Å²) in [5.41, 5.74) is -0.829. The Morgan fingerprint density at radius 3 is 2.06 bits per heavy atom. The number of rotatable bonds is 8. The number of nitrogens with one attached hydrogen (secondary N) is 2. The fraction of sp³-hybridized carbons (Fsp3) is 0.917. The Morgan fingerprint density at radius 2 is 1.65 bits per heavy atom. The van der Waals surface area contributed by atoms with Crippen LogP contribution in [0.2, 0.25) is 0 Å². The minimum absolute atomic E-state index is 0.111. The molecular formula is C12H25N3O2. The molecule has 0 amide bonds. The Hall–Kier alpha value is -0.810. The van der Waals surface area contributed by atoms with Crippen LogP contribution in [-0.4, -0.2) is 36.0 Å². The van der Waals surface area contributed by atoms with Crippen LogP contribution in [-0.2, 0) is 4.79 Å². The third-order valence-electron chi connectivity index (χ3n) is 3.36. The molecule has 0 aliphatic heterocycles. The monoisotopic (exact) mass is 243 g/mol. The zero-order valence-electron chi connectivity index (χ0n) is 11.8. The van der Waals surface area contributed by atoms with E-state index in [2.05, 4.69) is 15.8 Å². The smallest absolute Gasteiger partial charge is 0.149 e. The number of nitrogens with zero attached hydrogens (tertiary/aromatic N) is 1. The second-order valence-electron chi connectivity index (χ2n) is 5.54. The summed E-state index contributed by atoms with van der Waals surface area (Å²) in [6.45, 7) is 12.3. The minimum atomic E-state index is -0.500. The van der Waals surface area contributed by atoms with E-state index in [1.165, 1.54) is 0 Å². The van der Waals surface area contributed by atoms with Gasteiger partial charge in [-0.2, -0.15) is 4.91 Å². The Balaban J connectivity index is 4.01. The Morgan fingerprint density at radius 1 is 1.18 bits per heavy atom. The molecule has 5 nitrogen and oxygen atoms in total. The maximum atomic E-state index is 11.3. The molecule has 0 fully saturated rings. The van der Waals surface area contributed by atoms with Gasteiger partial charge >= 0.3 is 0 Å². The standard InChI is InChI=1S/C12H25N3O2/c1-9(15-17)11(3,4)13-7-8-14-12(5,6)10(2)16/h9,13-14H,7-8H2,1-6H3. The van der Waals surface area contributed by atoms with Gasteiger partial charge in [-0.15, -0.1) is 0 Å². The molecule has 2 N–H and O–H groups in total. The summed E-state index contributed by atoms with van der Waals surface area (Å²) >= 11 is 0. The highest BCUT2D eigenvalue weighted by Crippen LogP contribution is 2.11. The van der Waals surface area contributed by atoms with Gasteiger partial charge in [0.1, 0.15) is 11.8 Å². The number of nitroso groups, excluding NO2 is 1. The number of Topliss-reactive ketones (excluding diaryl/α,β-unsaturated/α-hetero) is 1. The van der Waals surface area contributed by atoms with E-state index >= 15 is 0 Å². The summed E-state index contributed by atoms with van der Waals surface area (Å²) in [5, 5.41) is 9.45. The molecule has 0 bridgehead atoms. The molecule has 5 heteroatoms. The fourth-order valence-electron chi connectivity index (χ4n) is 1.16. The van der Waals surface area contributed by atoms with Crippen molar-refractivity contribution in [1.82, 2.24) is 10.6 Å². The van der Waals surface area contributed by atoms with Crippen LogP contribution in [0.3, 0.4) is 0 Å². The maximum Gasteiger partial charge on any atom is 0.149 e. The molecule has 0 rings (SSSR count). The molecule has 0 aliphatic rings. The third kappa shape index (κ3) is 5.37. The quantitative estimate of drug-likeness (QED) is 0.500. The highest BCUT2D eigenvalue weighted by atomic mass is 16.3. The van der Waals surface area contributed by atoms with Gasteiger partial charge < -0.3 is 10.6 Å². The van der Waals surface area contributed by atoms with Crippen LogP contribution >= 0.6 is 0 Å². The van der Waals surface area contributed by atoms with Gasteiger partial charge in [0, 0.05) is 18.6 Å². The largest absolute Gasteiger partial charge is 0.308 e. The van der Waals surface area contributed by atoms with Crippen LogP contribution in [0, 0.1) is 4.91 Å². The molecule has 0 heterocycles. The van der Waals surface area contributed by atoms with Gasteiger partial charge in [-0.3, -0.25) is 4.79 Å². The van der Waals surface area contributed by atoms with Crippen molar-refractivity contribution >= 4 is 5.78 Å². The summed E-state index contributed by atoms with van der Waals surface area (Å²) in [6.07, 6.45) is 0. The molecule has 100 valence electrons. The Kier molecular flexibility index (Phi) is 5.92. The first-order chi connectivity index (χ1) is 7.63. The molecule has 0 aliphatic carbocycles. The molecule has 0 aromatic carbocycles. The number of hydrogen-bond acceptors (Lipinski definition) is 5. The lowest BCUT2D eigenvalue weighted by Crippen LogP contribution is -2.52. The highest BCUT2D eigenvalue weighted by Gasteiger charge is 2.26. The average molecular weight is 243 g/mol. The number of ketones is 1. The van der Waals surface area contributed by atoms with Crippen molar-refractivity contribution in [2.75, 3.05) is 13.1 Å². The number of carbonyl (C=O) groups excluding carboxylic acids is 1. The van der Waals surface area contributed by atoms with Gasteiger partial charge in [0.2, 0.25) is 0 Å². The molecule has 0 aromatic rings. The summed E-state index contributed by atoms with van der Waals surface area (Å²) in [7, 11) is 0. The van der Waals surface area contributed by atoms with Gasteiger partial charge in [-0.25, -0.2) is 0 Å². The van der Waals surface area contributed by atoms with Crippen molar-refractivity contribution in [1.29, 1.82) is 0 Å². The van der Waals surface area contributed by atoms with E-state index in [0.29, 0.717) is 13.1 Å². The zero-order valence-corrected chi connectivity index (χ0v) is 11.8. The lowest BCUT2D eigenvalue weighted by atomic mass is 9.97. The van der Waals surface area contributed by atoms with E-state index in [9.17, 15) is 9.70 Å². The van der Waals surface area contributed by atoms with Crippen LogP contribution in [0.1, 0.15) is 41.5 Å². The first-order valence-electron chi connectivity index (χ1n) is 5.97. The van der Waals surface area contributed by atoms with Crippen molar-refractivity contribution in [2.45, 2.75) is 58.7 Å². The van der Waals surface area contributed by atoms with Crippen molar-refractivity contribution in [2.24, 2.45) is 5.18 Å². The van der Waals surface area contributed by atoms with Gasteiger partial charge in [0.25, 0.3) is 0 Å². The van der Waals surface area contributed by atoms with E-state index in [-0.39, 0.29) is 17.4 Å². The SMILES string of the molecule is CC(=O)C(C)(C)NCCNC(C)(C)C(C)N=O. The Labute approximate surface area is 104 Å². The maximum absolute atomic E-state index is 11.3. The molecule has 0 spiro atoms. The topological polar surface area (TPSA) is 70.6 Å². The number of carbonyl (C=O) groups is 1. The molecule has 1 unspecified atom stereocenters. The first-order valence-corrected chi connectivity index (χ1v) is 5.97. The summed E-state index contributed by atoms with van der Waals surface area (Å²) in [4.78, 5) is 21.8. The lowest BCUT2D eigenvalue weighted by molar-refractivity contribution is -0.122. The Bertz CT molecular complexity index is 275. The summed E-state index contributed by atoms with van der Waals surface area (Å²) in [6, 6.07) is -0.289. The first kappa shape index (κ1) is 16.2. The van der Waals surface area contributed by atoms with Gasteiger partial charge in [-0.05, 0) is 41.5 Å². The second kappa shape index (κ2) is 6.21. The number of hydrogen-bond donors (Lipinski definition) is 2. The molecule has 0 saturated carbocycles. The van der Waals surface area contributed by atoms with Crippen LogP contribution in [0.15, 0.2) is 5.18 Å². The van der Waals surface area contributed by atoms with Crippen LogP contribution in [0.25, 0.3) is 0 Å². The van der Waals surface area contributed by atoms with E-state index in [4.69, 9.17) is 0 Å². The van der Waals surface area contributed by atoms with Crippen molar-refractivity contribution in [3.8, 4) is 0 Å². The second-order valence-corrected chi connectivity index (χ2v) is 5.54. The van der Waals surface area contributed by atoms with Crippen molar-refractivity contribution in [3.05, 3.63) is 4.91 Å². The summed E-state index contributed by atoms with van der Waals surface area (Å²) in [5.74, 6) is 0.111. The minimum Gasteiger partial charge on any atom is -0.308 e. The molecule has 1 atom stereocenters. The van der Waals surface area contributed by atoms with Crippen molar-refractivity contribution < 1.29 is 4.79 Å². The van der Waals surface area contributed by atoms with Gasteiger partial charge in [-0.1, -0.05) is 5.18 Å². The fourth-order valence-corrected chi connectivity index (χ4v) is 1.16. The van der Waals surface area contributed by atoms with Crippen LogP contribution in [0.4, 0.5) is 0 Å². The third-order valence-corrected chi connectivity index (χ3v) is 3.36. The molecular weight excluding hydrogens is 218 g/mol. The lowest BCUT2D eigenvalue weighted by Gasteiger charge is -2.30.